The molecule has 0 aliphatic heterocycles. The quantitative estimate of drug-likeness (QED) is 0.348. The van der Waals surface area contributed by atoms with Gasteiger partial charge in [-0.1, -0.05) is 35.5 Å². The molecule has 1 N–H and O–H groups in total. The van der Waals surface area contributed by atoms with Gasteiger partial charge in [0.05, 0.1) is 12.6 Å². The Bertz CT molecular complexity index is 936. The number of aromatic amines is 1. The van der Waals surface area contributed by atoms with Crippen molar-refractivity contribution in [3.8, 4) is 6.07 Å². The number of nitrogens with one attached hydrogen (secondary N) is 1. The van der Waals surface area contributed by atoms with Crippen molar-refractivity contribution in [3.05, 3.63) is 66.0 Å². The molecular formula is C17H13N4O2+. The van der Waals surface area contributed by atoms with Crippen LogP contribution in [0.5, 0.6) is 0 Å². The fourth-order valence-electron chi connectivity index (χ4n) is 2.25. The minimum absolute atomic E-state index is 0.00650. The third-order valence-corrected chi connectivity index (χ3v) is 3.41. The van der Waals surface area contributed by atoms with Crippen LogP contribution in [0.15, 0.2) is 59.8 Å². The second-order valence-electron chi connectivity index (χ2n) is 4.85. The van der Waals surface area contributed by atoms with E-state index in [1.54, 1.807) is 41.9 Å². The molecule has 0 aliphatic rings. The Labute approximate surface area is 132 Å². The smallest absolute Gasteiger partial charge is 0.311 e. The molecule has 23 heavy (non-hydrogen) atoms. The van der Waals surface area contributed by atoms with Gasteiger partial charge in [-0.2, -0.15) is 5.26 Å². The summed E-state index contributed by atoms with van der Waals surface area (Å²) < 4.78 is 1.79. The summed E-state index contributed by atoms with van der Waals surface area (Å²) in [6.07, 6.45) is 0. The molecule has 6 heteroatoms. The number of aromatic nitrogens is 2. The fourth-order valence-corrected chi connectivity index (χ4v) is 2.25. The van der Waals surface area contributed by atoms with E-state index in [-0.39, 0.29) is 5.71 Å². The van der Waals surface area contributed by atoms with Crippen LogP contribution in [0.1, 0.15) is 16.2 Å². The van der Waals surface area contributed by atoms with Crippen molar-refractivity contribution in [2.75, 3.05) is 0 Å². The number of nitriles is 1. The lowest BCUT2D eigenvalue weighted by Crippen LogP contribution is -2.34. The van der Waals surface area contributed by atoms with Crippen molar-refractivity contribution in [2.24, 2.45) is 12.2 Å². The minimum atomic E-state index is -0.614. The number of carbonyl (C=O) groups is 1. The molecule has 2 aromatic carbocycles. The number of aryl methyl sites for hydroxylation is 1. The van der Waals surface area contributed by atoms with Crippen LogP contribution in [0, 0.1) is 11.3 Å². The lowest BCUT2D eigenvalue weighted by molar-refractivity contribution is -0.646. The number of imidazole rings is 1. The van der Waals surface area contributed by atoms with Crippen LogP contribution >= 0.6 is 0 Å². The number of hydrogen-bond donors (Lipinski definition) is 1. The zero-order chi connectivity index (χ0) is 16.2. The molecule has 0 bridgehead atoms. The number of oxime groups is 1. The summed E-state index contributed by atoms with van der Waals surface area (Å²) in [6.45, 7) is 0. The van der Waals surface area contributed by atoms with Crippen molar-refractivity contribution in [3.63, 3.8) is 0 Å². The average Bonchev–Trinajstić information content (AvgIpc) is 2.93. The topological polar surface area (TPSA) is 82.1 Å². The second kappa shape index (κ2) is 6.12. The van der Waals surface area contributed by atoms with Gasteiger partial charge in [-0.25, -0.2) is 14.3 Å². The number of benzene rings is 2. The highest BCUT2D eigenvalue weighted by Crippen LogP contribution is 2.09. The van der Waals surface area contributed by atoms with Crippen LogP contribution in [-0.2, 0) is 11.9 Å². The molecule has 0 fully saturated rings. The third-order valence-electron chi connectivity index (χ3n) is 3.41. The van der Waals surface area contributed by atoms with Gasteiger partial charge in [0.25, 0.3) is 5.71 Å². The van der Waals surface area contributed by atoms with Crippen molar-refractivity contribution in [2.45, 2.75) is 0 Å². The first-order valence-electron chi connectivity index (χ1n) is 6.92. The Morgan fingerprint density at radius 3 is 2.57 bits per heavy atom. The number of fused-ring (bicyclic) bond motifs is 1. The lowest BCUT2D eigenvalue weighted by atomic mass is 10.2. The van der Waals surface area contributed by atoms with E-state index in [1.165, 1.54) is 0 Å². The monoisotopic (exact) mass is 305 g/mol. The predicted octanol–water partition coefficient (Wildman–Crippen LogP) is 2.08. The highest BCUT2D eigenvalue weighted by molar-refractivity contribution is 6.09. The highest BCUT2D eigenvalue weighted by atomic mass is 16.7. The summed E-state index contributed by atoms with van der Waals surface area (Å²) in [4.78, 5) is 19.9. The summed E-state index contributed by atoms with van der Waals surface area (Å²) in [5.41, 5.74) is 2.14. The normalized spacial score (nSPS) is 11.2. The predicted molar refractivity (Wildman–Crippen MR) is 83.5 cm³/mol. The number of rotatable bonds is 3. The molecule has 6 nitrogen and oxygen atoms in total. The Kier molecular flexibility index (Phi) is 3.85. The first kappa shape index (κ1) is 14.5. The first-order valence-corrected chi connectivity index (χ1v) is 6.92. The van der Waals surface area contributed by atoms with Crippen molar-refractivity contribution >= 4 is 22.7 Å². The summed E-state index contributed by atoms with van der Waals surface area (Å²) >= 11 is 0. The number of H-pyrrole nitrogens is 1. The van der Waals surface area contributed by atoms with Crippen LogP contribution in [0.3, 0.4) is 0 Å². The lowest BCUT2D eigenvalue weighted by Gasteiger charge is -1.97. The van der Waals surface area contributed by atoms with Gasteiger partial charge in [0.15, 0.2) is 11.0 Å². The summed E-state index contributed by atoms with van der Waals surface area (Å²) in [5.74, 6) is -0.147. The molecule has 0 unspecified atom stereocenters. The van der Waals surface area contributed by atoms with E-state index in [9.17, 15) is 10.1 Å². The van der Waals surface area contributed by atoms with Crippen molar-refractivity contribution in [1.82, 2.24) is 4.98 Å². The largest absolute Gasteiger partial charge is 0.365 e. The van der Waals surface area contributed by atoms with Crippen molar-refractivity contribution in [1.29, 1.82) is 5.26 Å². The van der Waals surface area contributed by atoms with Gasteiger partial charge >= 0.3 is 11.8 Å². The molecule has 0 aliphatic carbocycles. The standard InChI is InChI=1S/C17H12N4O2/c1-21-15-10-6-5-9-13(15)19-16(21)14(11-18)20-23-17(22)12-7-3-2-4-8-12/h2-10H,1H3/p+1. The van der Waals surface area contributed by atoms with Gasteiger partial charge < -0.3 is 4.84 Å². The van der Waals surface area contributed by atoms with Gasteiger partial charge in [-0.3, -0.25) is 0 Å². The Morgan fingerprint density at radius 2 is 1.87 bits per heavy atom. The highest BCUT2D eigenvalue weighted by Gasteiger charge is 2.22. The van der Waals surface area contributed by atoms with E-state index in [2.05, 4.69) is 10.1 Å². The molecule has 1 heterocycles. The van der Waals surface area contributed by atoms with Crippen LogP contribution in [-0.4, -0.2) is 16.7 Å². The van der Waals surface area contributed by atoms with Crippen molar-refractivity contribution < 1.29 is 14.2 Å². The van der Waals surface area contributed by atoms with Gasteiger partial charge in [0.2, 0.25) is 0 Å². The van der Waals surface area contributed by atoms with Crippen LogP contribution in [0.2, 0.25) is 0 Å². The SMILES string of the molecule is C[n+]1c(C(C#N)=NOC(=O)c2ccccc2)[nH]c2ccccc21. The number of carbonyl (C=O) groups excluding carboxylic acids is 1. The maximum absolute atomic E-state index is 11.9. The molecule has 0 spiro atoms. The summed E-state index contributed by atoms with van der Waals surface area (Å²) in [7, 11) is 1.81. The summed E-state index contributed by atoms with van der Waals surface area (Å²) in [6, 6.07) is 18.0. The van der Waals surface area contributed by atoms with Gasteiger partial charge in [-0.05, 0) is 24.3 Å². The molecule has 0 radical (unpaired) electrons. The first-order chi connectivity index (χ1) is 11.2. The van der Waals surface area contributed by atoms with Gasteiger partial charge in [-0.15, -0.1) is 0 Å². The van der Waals surface area contributed by atoms with E-state index in [4.69, 9.17) is 4.84 Å². The number of nitrogens with zero attached hydrogens (tertiary/aromatic N) is 3. The summed E-state index contributed by atoms with van der Waals surface area (Å²) in [5, 5.41) is 13.0. The molecule has 0 saturated heterocycles. The van der Waals surface area contributed by atoms with E-state index in [0.29, 0.717) is 11.4 Å². The van der Waals surface area contributed by atoms with E-state index >= 15 is 0 Å². The van der Waals surface area contributed by atoms with Gasteiger partial charge in [0.1, 0.15) is 6.07 Å². The molecule has 0 saturated carbocycles. The Morgan fingerprint density at radius 1 is 1.17 bits per heavy atom. The van der Waals surface area contributed by atoms with Crippen LogP contribution in [0.25, 0.3) is 11.0 Å². The fraction of sp³-hybridized carbons (Fsp3) is 0.0588. The molecule has 112 valence electrons. The van der Waals surface area contributed by atoms with Crippen LogP contribution in [0.4, 0.5) is 0 Å². The third kappa shape index (κ3) is 2.80. The number of hydrogen-bond acceptors (Lipinski definition) is 4. The minimum Gasteiger partial charge on any atom is -0.311 e. The van der Waals surface area contributed by atoms with E-state index in [0.717, 1.165) is 11.0 Å². The molecule has 1 aromatic heterocycles. The maximum atomic E-state index is 11.9. The molecular weight excluding hydrogens is 292 g/mol. The van der Waals surface area contributed by atoms with Crippen LogP contribution < -0.4 is 4.57 Å². The molecule has 3 rings (SSSR count). The maximum Gasteiger partial charge on any atom is 0.365 e. The zero-order valence-electron chi connectivity index (χ0n) is 12.4. The van der Waals surface area contributed by atoms with E-state index in [1.807, 2.05) is 30.3 Å². The zero-order valence-corrected chi connectivity index (χ0v) is 12.4. The number of para-hydroxylation sites is 2. The molecule has 0 atom stereocenters. The average molecular weight is 305 g/mol. The Hall–Kier alpha value is -3.46. The molecule has 0 amide bonds. The Balaban J connectivity index is 1.91. The van der Waals surface area contributed by atoms with E-state index < -0.39 is 5.97 Å². The molecule has 3 aromatic rings. The second-order valence-corrected chi connectivity index (χ2v) is 4.85. The van der Waals surface area contributed by atoms with Gasteiger partial charge in [0, 0.05) is 0 Å².